The molecule has 2 unspecified atom stereocenters. The van der Waals surface area contributed by atoms with Gasteiger partial charge in [0.25, 0.3) is 5.91 Å². The van der Waals surface area contributed by atoms with Crippen LogP contribution >= 0.6 is 0 Å². The predicted octanol–water partition coefficient (Wildman–Crippen LogP) is 2.69. The molecular formula is C35H48N4O7. The second kappa shape index (κ2) is 10.8. The molecule has 0 spiro atoms. The molecule has 250 valence electrons. The van der Waals surface area contributed by atoms with Crippen LogP contribution in [0.1, 0.15) is 61.0 Å². The van der Waals surface area contributed by atoms with Gasteiger partial charge in [0.05, 0.1) is 11.6 Å². The number of phenols is 1. The molecular weight excluding hydrogens is 588 g/mol. The fourth-order valence-electron chi connectivity index (χ4n) is 9.99. The van der Waals surface area contributed by atoms with Gasteiger partial charge in [-0.25, -0.2) is 0 Å². The van der Waals surface area contributed by atoms with E-state index in [0.29, 0.717) is 29.4 Å². The normalized spacial score (nSPS) is 33.1. The van der Waals surface area contributed by atoms with Gasteiger partial charge in [0.2, 0.25) is 5.78 Å². The zero-order valence-corrected chi connectivity index (χ0v) is 27.9. The third-order valence-electron chi connectivity index (χ3n) is 12.2. The molecule has 2 bridgehead atoms. The van der Waals surface area contributed by atoms with Crippen molar-refractivity contribution in [1.29, 1.82) is 0 Å². The number of primary amides is 1. The van der Waals surface area contributed by atoms with Gasteiger partial charge in [0.15, 0.2) is 11.4 Å². The molecule has 1 amide bonds. The lowest BCUT2D eigenvalue weighted by Gasteiger charge is -2.60. The number of carbonyl (C=O) groups is 3. The van der Waals surface area contributed by atoms with Crippen LogP contribution in [0.25, 0.3) is 0 Å². The fourth-order valence-corrected chi connectivity index (χ4v) is 9.99. The zero-order valence-electron chi connectivity index (χ0n) is 27.9. The highest BCUT2D eigenvalue weighted by atomic mass is 16.3. The van der Waals surface area contributed by atoms with Crippen LogP contribution in [0.4, 0.5) is 5.69 Å². The Hall–Kier alpha value is -3.41. The molecule has 3 saturated carbocycles. The van der Waals surface area contributed by atoms with E-state index in [1.54, 1.807) is 25.1 Å². The highest BCUT2D eigenvalue weighted by Crippen LogP contribution is 2.61. The number of hydrogen-bond donors (Lipinski definition) is 5. The van der Waals surface area contributed by atoms with Crippen molar-refractivity contribution in [3.8, 4) is 5.75 Å². The maximum Gasteiger partial charge on any atom is 0.255 e. The van der Waals surface area contributed by atoms with Crippen LogP contribution in [0.2, 0.25) is 0 Å². The number of carbonyl (C=O) groups excluding carboxylic acids is 3. The number of hydrogen-bond acceptors (Lipinski definition) is 10. The molecule has 0 aliphatic heterocycles. The van der Waals surface area contributed by atoms with Gasteiger partial charge in [-0.05, 0) is 99.5 Å². The third-order valence-corrected chi connectivity index (χ3v) is 12.2. The number of rotatable bonds is 7. The molecule has 3 fully saturated rings. The summed E-state index contributed by atoms with van der Waals surface area (Å²) in [6.07, 6.45) is 4.11. The van der Waals surface area contributed by atoms with Crippen LogP contribution in [0.3, 0.4) is 0 Å². The predicted molar refractivity (Wildman–Crippen MR) is 172 cm³/mol. The summed E-state index contributed by atoms with van der Waals surface area (Å²) in [4.78, 5) is 45.8. The molecule has 0 aromatic heterocycles. The minimum atomic E-state index is -2.65. The zero-order chi connectivity index (χ0) is 33.8. The van der Waals surface area contributed by atoms with Gasteiger partial charge in [0, 0.05) is 44.4 Å². The number of phenolic OH excluding ortho intramolecular Hbond substituents is 1. The summed E-state index contributed by atoms with van der Waals surface area (Å²) >= 11 is 0. The number of fused-ring (bicyclic) bond motifs is 5. The largest absolute Gasteiger partial charge is 0.510 e. The van der Waals surface area contributed by atoms with Crippen molar-refractivity contribution in [2.45, 2.75) is 64.1 Å². The number of anilines is 1. The van der Waals surface area contributed by atoms with E-state index in [4.69, 9.17) is 5.73 Å². The number of aliphatic hydroxyl groups is 3. The summed E-state index contributed by atoms with van der Waals surface area (Å²) < 4.78 is 0. The van der Waals surface area contributed by atoms with Gasteiger partial charge in [-0.1, -0.05) is 13.8 Å². The van der Waals surface area contributed by atoms with Crippen LogP contribution < -0.4 is 10.6 Å². The van der Waals surface area contributed by atoms with Gasteiger partial charge in [-0.15, -0.1) is 0 Å². The number of aliphatic hydroxyl groups excluding tert-OH is 2. The van der Waals surface area contributed by atoms with E-state index in [-0.39, 0.29) is 29.7 Å². The average Bonchev–Trinajstić information content (AvgIpc) is 2.94. The quantitative estimate of drug-likeness (QED) is 0.281. The molecule has 0 radical (unpaired) electrons. The number of ketones is 2. The standard InChI is InChI=1S/C35H48N4O7/c1-34(2)19-9-8-16(21(34)13-19)14-39(7)15-18-12-23(40)25-20(27(18)37(3)4)10-17-11-22-28(38(5)6)30(42)26(33(36)45)32(44)35(22,46)31(43)24(17)29(25)41/h12,16-17,19,21-22,28,40,42-43,46H,8-11,13-15H2,1-7H3,(H2,36,45)/t16-,17+,19?,21?,22+,28+,35+/m1/s1. The van der Waals surface area contributed by atoms with Gasteiger partial charge in [0.1, 0.15) is 22.8 Å². The third kappa shape index (κ3) is 4.45. The maximum absolute atomic E-state index is 14.2. The molecule has 6 N–H and O–H groups in total. The summed E-state index contributed by atoms with van der Waals surface area (Å²) in [6, 6.07) is 0.591. The molecule has 7 atom stereocenters. The van der Waals surface area contributed by atoms with Crippen LogP contribution in [0.15, 0.2) is 28.7 Å². The van der Waals surface area contributed by atoms with E-state index >= 15 is 0 Å². The van der Waals surface area contributed by atoms with Crippen LogP contribution in [0.5, 0.6) is 5.75 Å². The van der Waals surface area contributed by atoms with E-state index < -0.39 is 58.0 Å². The number of nitrogens with two attached hydrogens (primary N) is 1. The van der Waals surface area contributed by atoms with Gasteiger partial charge < -0.3 is 36.0 Å². The Balaban J connectivity index is 1.39. The summed E-state index contributed by atoms with van der Waals surface area (Å²) in [5.74, 6) is -4.33. The van der Waals surface area contributed by atoms with Crippen LogP contribution in [-0.2, 0) is 22.6 Å². The fraction of sp³-hybridized carbons (Fsp3) is 0.629. The Bertz CT molecular complexity index is 1590. The molecule has 0 saturated heterocycles. The average molecular weight is 637 g/mol. The lowest BCUT2D eigenvalue weighted by Crippen LogP contribution is -2.63. The highest BCUT2D eigenvalue weighted by Gasteiger charge is 2.63. The van der Waals surface area contributed by atoms with Crippen molar-refractivity contribution in [2.75, 3.05) is 46.7 Å². The van der Waals surface area contributed by atoms with E-state index in [2.05, 4.69) is 25.8 Å². The highest BCUT2D eigenvalue weighted by molar-refractivity contribution is 6.24. The maximum atomic E-state index is 14.2. The minimum Gasteiger partial charge on any atom is -0.510 e. The Morgan fingerprint density at radius 1 is 1.02 bits per heavy atom. The Kier molecular flexibility index (Phi) is 7.65. The number of amides is 1. The molecule has 46 heavy (non-hydrogen) atoms. The topological polar surface area (TPSA) is 168 Å². The van der Waals surface area contributed by atoms with E-state index in [9.17, 15) is 34.8 Å². The molecule has 6 aliphatic carbocycles. The summed E-state index contributed by atoms with van der Waals surface area (Å²) in [5.41, 5.74) is 4.59. The first-order valence-electron chi connectivity index (χ1n) is 16.3. The Morgan fingerprint density at radius 2 is 1.70 bits per heavy atom. The SMILES string of the molecule is CN(Cc1cc(O)c2c(c1N(C)C)C[C@H]1C[C@H]3[C@H](N(C)C)C(O)=C(C(N)=O)C(=O)[C@@]3(O)C(O)=C1C2=O)C[C@H]1CCC2CC1C2(C)C. The first kappa shape index (κ1) is 32.5. The van der Waals surface area contributed by atoms with Crippen molar-refractivity contribution >= 4 is 23.2 Å². The van der Waals surface area contributed by atoms with Crippen molar-refractivity contribution in [3.05, 3.63) is 45.4 Å². The number of likely N-dealkylation sites (N-methyl/N-ethyl adjacent to an activating group) is 1. The molecule has 1 aromatic carbocycles. The van der Waals surface area contributed by atoms with Gasteiger partial charge in [-0.3, -0.25) is 19.3 Å². The number of Topliss-reactive ketones (excluding diaryl/α,β-unsaturated/α-hetero) is 2. The molecule has 11 heteroatoms. The number of allylic oxidation sites excluding steroid dienone is 1. The molecule has 1 aromatic rings. The minimum absolute atomic E-state index is 0.0328. The van der Waals surface area contributed by atoms with E-state index in [0.717, 1.165) is 23.7 Å². The second-order valence-electron chi connectivity index (χ2n) is 15.5. The van der Waals surface area contributed by atoms with Crippen LogP contribution in [0, 0.1) is 35.0 Å². The summed E-state index contributed by atoms with van der Waals surface area (Å²) in [7, 11) is 9.14. The molecule has 6 aliphatic rings. The van der Waals surface area contributed by atoms with Crippen LogP contribution in [-0.4, -0.2) is 101 Å². The van der Waals surface area contributed by atoms with Crippen molar-refractivity contribution < 1.29 is 34.8 Å². The summed E-state index contributed by atoms with van der Waals surface area (Å²) in [6.45, 7) is 6.30. The second-order valence-corrected chi connectivity index (χ2v) is 15.5. The van der Waals surface area contributed by atoms with Gasteiger partial charge in [-0.2, -0.15) is 0 Å². The smallest absolute Gasteiger partial charge is 0.255 e. The Labute approximate surface area is 270 Å². The van der Waals surface area contributed by atoms with E-state index in [1.165, 1.54) is 19.3 Å². The summed E-state index contributed by atoms with van der Waals surface area (Å²) in [5, 5.41) is 45.8. The lowest BCUT2D eigenvalue weighted by molar-refractivity contribution is -0.148. The molecule has 11 nitrogen and oxygen atoms in total. The lowest BCUT2D eigenvalue weighted by atomic mass is 9.45. The van der Waals surface area contributed by atoms with E-state index in [1.807, 2.05) is 19.0 Å². The number of nitrogens with zero attached hydrogens (tertiary/aromatic N) is 3. The molecule has 0 heterocycles. The van der Waals surface area contributed by atoms with Crippen molar-refractivity contribution in [1.82, 2.24) is 9.80 Å². The van der Waals surface area contributed by atoms with Gasteiger partial charge >= 0.3 is 0 Å². The first-order chi connectivity index (χ1) is 21.4. The molecule has 7 rings (SSSR count). The van der Waals surface area contributed by atoms with Crippen molar-refractivity contribution in [2.24, 2.45) is 40.7 Å². The van der Waals surface area contributed by atoms with Crippen molar-refractivity contribution in [3.63, 3.8) is 0 Å². The number of aromatic hydroxyl groups is 1. The first-order valence-corrected chi connectivity index (χ1v) is 16.3. The monoisotopic (exact) mass is 636 g/mol. The Morgan fingerprint density at radius 3 is 2.26 bits per heavy atom. The number of benzene rings is 1.